The van der Waals surface area contributed by atoms with Gasteiger partial charge in [0.25, 0.3) is 0 Å². The summed E-state index contributed by atoms with van der Waals surface area (Å²) in [6, 6.07) is 5.25. The number of aryl methyl sites for hydroxylation is 1. The number of fused-ring (bicyclic) bond motifs is 1. The summed E-state index contributed by atoms with van der Waals surface area (Å²) in [7, 11) is 1.96. The largest absolute Gasteiger partial charge is 0.350 e. The molecule has 3 heteroatoms. The maximum absolute atomic E-state index is 13.8. The van der Waals surface area contributed by atoms with Crippen LogP contribution in [0.1, 0.15) is 19.4 Å². The van der Waals surface area contributed by atoms with Crippen molar-refractivity contribution in [2.45, 2.75) is 24.9 Å². The fraction of sp³-hybridized carbons (Fsp3) is 0.385. The molecule has 0 aliphatic carbocycles. The molecule has 1 heterocycles. The number of rotatable bonds is 3. The van der Waals surface area contributed by atoms with Gasteiger partial charge in [-0.05, 0) is 22.9 Å². The zero-order valence-corrected chi connectivity index (χ0v) is 10.6. The lowest BCUT2D eigenvalue weighted by atomic mass is 10.2. The Bertz CT molecular complexity index is 502. The first kappa shape index (κ1) is 11.5. The van der Waals surface area contributed by atoms with Crippen molar-refractivity contribution in [1.82, 2.24) is 4.57 Å². The number of thioether (sulfide) groups is 1. The molecule has 0 fully saturated rings. The van der Waals surface area contributed by atoms with E-state index in [1.807, 2.05) is 35.6 Å². The van der Waals surface area contributed by atoms with Crippen LogP contribution in [0, 0.1) is 5.82 Å². The molecule has 0 amide bonds. The summed E-state index contributed by atoms with van der Waals surface area (Å²) in [5, 5.41) is 1.35. The van der Waals surface area contributed by atoms with Crippen molar-refractivity contribution in [3.05, 3.63) is 35.8 Å². The van der Waals surface area contributed by atoms with E-state index in [0.717, 1.165) is 22.2 Å². The van der Waals surface area contributed by atoms with Gasteiger partial charge in [0.2, 0.25) is 0 Å². The highest BCUT2D eigenvalue weighted by Gasteiger charge is 2.11. The van der Waals surface area contributed by atoms with Crippen LogP contribution >= 0.6 is 11.8 Å². The van der Waals surface area contributed by atoms with Crippen LogP contribution in [0.5, 0.6) is 0 Å². The maximum atomic E-state index is 13.8. The highest BCUT2D eigenvalue weighted by molar-refractivity contribution is 7.99. The van der Waals surface area contributed by atoms with Crippen LogP contribution < -0.4 is 0 Å². The average Bonchev–Trinajstić information content (AvgIpc) is 2.55. The van der Waals surface area contributed by atoms with Crippen molar-refractivity contribution in [3.63, 3.8) is 0 Å². The van der Waals surface area contributed by atoms with Crippen molar-refractivity contribution in [3.8, 4) is 0 Å². The quantitative estimate of drug-likeness (QED) is 0.782. The Morgan fingerprint density at radius 3 is 2.81 bits per heavy atom. The smallest absolute Gasteiger partial charge is 0.132 e. The van der Waals surface area contributed by atoms with Crippen LogP contribution in [0.2, 0.25) is 0 Å². The van der Waals surface area contributed by atoms with E-state index in [9.17, 15) is 4.39 Å². The third kappa shape index (κ3) is 2.09. The van der Waals surface area contributed by atoms with E-state index in [-0.39, 0.29) is 5.82 Å². The average molecular weight is 237 g/mol. The molecule has 1 aromatic heterocycles. The zero-order valence-electron chi connectivity index (χ0n) is 9.83. The molecule has 0 radical (unpaired) electrons. The normalized spacial score (nSPS) is 11.6. The molecular formula is C13H16FNS. The molecule has 0 aliphatic heterocycles. The van der Waals surface area contributed by atoms with Crippen LogP contribution in [0.3, 0.4) is 0 Å². The predicted octanol–water partition coefficient (Wildman–Crippen LogP) is 3.96. The Hall–Kier alpha value is -0.960. The van der Waals surface area contributed by atoms with Gasteiger partial charge in [-0.15, -0.1) is 0 Å². The van der Waals surface area contributed by atoms with E-state index in [0.29, 0.717) is 5.25 Å². The number of hydrogen-bond acceptors (Lipinski definition) is 1. The van der Waals surface area contributed by atoms with Gasteiger partial charge in [0.15, 0.2) is 0 Å². The van der Waals surface area contributed by atoms with E-state index >= 15 is 0 Å². The molecule has 16 heavy (non-hydrogen) atoms. The summed E-state index contributed by atoms with van der Waals surface area (Å²) in [5.41, 5.74) is 2.06. The lowest BCUT2D eigenvalue weighted by molar-refractivity contribution is 0.639. The van der Waals surface area contributed by atoms with E-state index in [1.54, 1.807) is 6.07 Å². The van der Waals surface area contributed by atoms with Gasteiger partial charge in [0.1, 0.15) is 5.82 Å². The third-order valence-corrected chi connectivity index (χ3v) is 3.76. The zero-order chi connectivity index (χ0) is 11.7. The van der Waals surface area contributed by atoms with E-state index in [4.69, 9.17) is 0 Å². The second kappa shape index (κ2) is 4.50. The number of hydrogen-bond donors (Lipinski definition) is 0. The minimum atomic E-state index is -0.113. The topological polar surface area (TPSA) is 4.93 Å². The highest BCUT2D eigenvalue weighted by atomic mass is 32.2. The standard InChI is InChI=1S/C13H16FNS/c1-9(2)16-8-10-7-15(3)12-6-4-5-11(14)13(10)12/h4-7,9H,8H2,1-3H3. The minimum absolute atomic E-state index is 0.113. The summed E-state index contributed by atoms with van der Waals surface area (Å²) in [6.45, 7) is 4.32. The van der Waals surface area contributed by atoms with Gasteiger partial charge in [-0.1, -0.05) is 19.9 Å². The number of benzene rings is 1. The summed E-state index contributed by atoms with van der Waals surface area (Å²) >= 11 is 1.84. The Morgan fingerprint density at radius 1 is 1.38 bits per heavy atom. The molecule has 0 unspecified atom stereocenters. The first-order valence-corrected chi connectivity index (χ1v) is 6.48. The highest BCUT2D eigenvalue weighted by Crippen LogP contribution is 2.28. The molecule has 2 aromatic rings. The molecule has 0 bridgehead atoms. The maximum Gasteiger partial charge on any atom is 0.132 e. The second-order valence-electron chi connectivity index (χ2n) is 4.26. The first-order valence-electron chi connectivity index (χ1n) is 5.43. The molecular weight excluding hydrogens is 221 g/mol. The Balaban J connectivity index is 2.45. The first-order chi connectivity index (χ1) is 7.59. The molecule has 2 rings (SSSR count). The van der Waals surface area contributed by atoms with Crippen molar-refractivity contribution >= 4 is 22.7 Å². The van der Waals surface area contributed by atoms with Crippen LogP contribution in [-0.2, 0) is 12.8 Å². The Labute approximate surface area is 99.6 Å². The van der Waals surface area contributed by atoms with Gasteiger partial charge in [-0.25, -0.2) is 4.39 Å². The summed E-state index contributed by atoms with van der Waals surface area (Å²) in [6.07, 6.45) is 2.03. The molecule has 0 saturated heterocycles. The minimum Gasteiger partial charge on any atom is -0.350 e. The molecule has 0 saturated carbocycles. The monoisotopic (exact) mass is 237 g/mol. The van der Waals surface area contributed by atoms with Gasteiger partial charge < -0.3 is 4.57 Å². The molecule has 0 spiro atoms. The summed E-state index contributed by atoms with van der Waals surface area (Å²) in [5.74, 6) is 0.758. The molecule has 0 atom stereocenters. The number of nitrogens with zero attached hydrogens (tertiary/aromatic N) is 1. The van der Waals surface area contributed by atoms with Crippen LogP contribution in [0.15, 0.2) is 24.4 Å². The fourth-order valence-electron chi connectivity index (χ4n) is 1.86. The van der Waals surface area contributed by atoms with Gasteiger partial charge in [0, 0.05) is 24.4 Å². The fourth-order valence-corrected chi connectivity index (χ4v) is 2.59. The van der Waals surface area contributed by atoms with E-state index in [2.05, 4.69) is 13.8 Å². The second-order valence-corrected chi connectivity index (χ2v) is 5.82. The van der Waals surface area contributed by atoms with Crippen LogP contribution in [-0.4, -0.2) is 9.82 Å². The van der Waals surface area contributed by atoms with Gasteiger partial charge in [-0.2, -0.15) is 11.8 Å². The van der Waals surface area contributed by atoms with Crippen molar-refractivity contribution in [1.29, 1.82) is 0 Å². The van der Waals surface area contributed by atoms with Crippen molar-refractivity contribution in [2.75, 3.05) is 0 Å². The predicted molar refractivity (Wildman–Crippen MR) is 69.3 cm³/mol. The molecule has 1 nitrogen and oxygen atoms in total. The lowest BCUT2D eigenvalue weighted by Crippen LogP contribution is -1.88. The molecule has 0 N–H and O–H groups in total. The summed E-state index contributed by atoms with van der Waals surface area (Å²) < 4.78 is 15.8. The van der Waals surface area contributed by atoms with Gasteiger partial charge >= 0.3 is 0 Å². The van der Waals surface area contributed by atoms with Gasteiger partial charge in [0.05, 0.1) is 5.52 Å². The number of aromatic nitrogens is 1. The Morgan fingerprint density at radius 2 is 2.12 bits per heavy atom. The van der Waals surface area contributed by atoms with Crippen molar-refractivity contribution in [2.24, 2.45) is 7.05 Å². The third-order valence-electron chi connectivity index (χ3n) is 2.61. The van der Waals surface area contributed by atoms with E-state index in [1.165, 1.54) is 6.07 Å². The molecule has 1 aromatic carbocycles. The SMILES string of the molecule is CC(C)SCc1cn(C)c2cccc(F)c12. The summed E-state index contributed by atoms with van der Waals surface area (Å²) in [4.78, 5) is 0. The van der Waals surface area contributed by atoms with Crippen molar-refractivity contribution < 1.29 is 4.39 Å². The van der Waals surface area contributed by atoms with Gasteiger partial charge in [-0.3, -0.25) is 0 Å². The molecule has 86 valence electrons. The lowest BCUT2D eigenvalue weighted by Gasteiger charge is -2.03. The van der Waals surface area contributed by atoms with Crippen LogP contribution in [0.25, 0.3) is 10.9 Å². The molecule has 0 aliphatic rings. The van der Waals surface area contributed by atoms with Crippen LogP contribution in [0.4, 0.5) is 4.39 Å². The number of halogens is 1. The Kier molecular flexibility index (Phi) is 3.24. The van der Waals surface area contributed by atoms with E-state index < -0.39 is 0 Å².